The molecule has 0 bridgehead atoms. The van der Waals surface area contributed by atoms with Crippen molar-refractivity contribution in [3.63, 3.8) is 0 Å². The Balaban J connectivity index is 1.37. The van der Waals surface area contributed by atoms with Crippen molar-refractivity contribution in [3.05, 3.63) is 64.6 Å². The molecule has 1 N–H and O–H groups in total. The predicted octanol–water partition coefficient (Wildman–Crippen LogP) is 4.25. The van der Waals surface area contributed by atoms with E-state index in [-0.39, 0.29) is 16.7 Å². The van der Waals surface area contributed by atoms with Gasteiger partial charge < -0.3 is 10.2 Å². The number of nitrogens with zero attached hydrogens (tertiary/aromatic N) is 1. The second kappa shape index (κ2) is 8.51. The van der Waals surface area contributed by atoms with Crippen LogP contribution in [-0.2, 0) is 14.5 Å². The van der Waals surface area contributed by atoms with Crippen molar-refractivity contribution >= 4 is 51.3 Å². The van der Waals surface area contributed by atoms with E-state index in [2.05, 4.69) is 45.5 Å². The number of halogens is 1. The van der Waals surface area contributed by atoms with Gasteiger partial charge in [-0.3, -0.25) is 9.59 Å². The molecule has 146 valence electrons. The summed E-state index contributed by atoms with van der Waals surface area (Å²) in [4.78, 5) is 28.1. The number of amides is 2. The van der Waals surface area contributed by atoms with Crippen LogP contribution >= 0.6 is 39.5 Å². The van der Waals surface area contributed by atoms with Crippen molar-refractivity contribution in [1.82, 2.24) is 10.2 Å². The molecule has 0 unspecified atom stereocenters. The van der Waals surface area contributed by atoms with Gasteiger partial charge in [0.25, 0.3) is 0 Å². The van der Waals surface area contributed by atoms with E-state index in [0.717, 1.165) is 22.2 Å². The van der Waals surface area contributed by atoms with Crippen LogP contribution in [0.3, 0.4) is 0 Å². The van der Waals surface area contributed by atoms with Gasteiger partial charge >= 0.3 is 0 Å². The number of carbonyl (C=O) groups excluding carboxylic acids is 2. The molecule has 0 saturated carbocycles. The van der Waals surface area contributed by atoms with Crippen LogP contribution in [0, 0.1) is 0 Å². The van der Waals surface area contributed by atoms with E-state index >= 15 is 0 Å². The Bertz CT molecular complexity index is 862. The number of rotatable bonds is 6. The van der Waals surface area contributed by atoms with Crippen LogP contribution in [0.25, 0.3) is 0 Å². The minimum Gasteiger partial charge on any atom is -0.353 e. The molecule has 2 amide bonds. The lowest BCUT2D eigenvalue weighted by Gasteiger charge is -2.34. The molecule has 0 aromatic heterocycles. The Morgan fingerprint density at radius 1 is 1.21 bits per heavy atom. The van der Waals surface area contributed by atoms with Gasteiger partial charge in [0.2, 0.25) is 11.8 Å². The van der Waals surface area contributed by atoms with Crippen LogP contribution < -0.4 is 5.32 Å². The molecule has 0 aliphatic carbocycles. The van der Waals surface area contributed by atoms with E-state index in [4.69, 9.17) is 0 Å². The molecule has 4 nitrogen and oxygen atoms in total. The van der Waals surface area contributed by atoms with Crippen molar-refractivity contribution in [2.45, 2.75) is 28.6 Å². The lowest BCUT2D eigenvalue weighted by atomic mass is 10.0. The molecule has 28 heavy (non-hydrogen) atoms. The standard InChI is InChI=1S/C21H21BrN2O2S2/c22-16-6-8-17(9-7-16)27-13-12-23-20(26)18-14-28-21(11-10-19(25)24(18)21)15-4-2-1-3-5-15/h1-9,18H,10-14H2,(H,23,26)/t18-,21-/m0/s1. The van der Waals surface area contributed by atoms with E-state index in [1.54, 1.807) is 23.5 Å². The van der Waals surface area contributed by atoms with E-state index in [1.165, 1.54) is 4.90 Å². The van der Waals surface area contributed by atoms with Gasteiger partial charge in [-0.15, -0.1) is 23.5 Å². The number of hydrogen-bond acceptors (Lipinski definition) is 4. The van der Waals surface area contributed by atoms with Crippen molar-refractivity contribution in [2.24, 2.45) is 0 Å². The summed E-state index contributed by atoms with van der Waals surface area (Å²) in [6.45, 7) is 0.584. The lowest BCUT2D eigenvalue weighted by Crippen LogP contribution is -2.50. The highest BCUT2D eigenvalue weighted by Crippen LogP contribution is 2.54. The molecule has 4 rings (SSSR count). The Hall–Kier alpha value is -1.44. The zero-order valence-corrected chi connectivity index (χ0v) is 18.5. The number of carbonyl (C=O) groups is 2. The van der Waals surface area contributed by atoms with Crippen LogP contribution in [0.1, 0.15) is 18.4 Å². The fourth-order valence-electron chi connectivity index (χ4n) is 3.83. The van der Waals surface area contributed by atoms with Gasteiger partial charge in [0.05, 0.1) is 0 Å². The van der Waals surface area contributed by atoms with Crippen LogP contribution in [0.5, 0.6) is 0 Å². The van der Waals surface area contributed by atoms with Gasteiger partial charge in [0, 0.05) is 33.8 Å². The van der Waals surface area contributed by atoms with E-state index < -0.39 is 6.04 Å². The summed E-state index contributed by atoms with van der Waals surface area (Å²) in [5.41, 5.74) is 1.12. The average Bonchev–Trinajstić information content (AvgIpc) is 3.26. The summed E-state index contributed by atoms with van der Waals surface area (Å²) in [5.74, 6) is 1.48. The van der Waals surface area contributed by atoms with Crippen molar-refractivity contribution < 1.29 is 9.59 Å². The summed E-state index contributed by atoms with van der Waals surface area (Å²) in [5, 5.41) is 3.03. The highest BCUT2D eigenvalue weighted by atomic mass is 79.9. The van der Waals surface area contributed by atoms with Gasteiger partial charge in [-0.05, 0) is 36.2 Å². The van der Waals surface area contributed by atoms with Crippen LogP contribution in [0.4, 0.5) is 0 Å². The third-order valence-electron chi connectivity index (χ3n) is 5.14. The molecule has 0 radical (unpaired) electrons. The van der Waals surface area contributed by atoms with Crippen LogP contribution in [0.15, 0.2) is 64.0 Å². The highest BCUT2D eigenvalue weighted by molar-refractivity contribution is 9.10. The minimum atomic E-state index is -0.391. The monoisotopic (exact) mass is 476 g/mol. The first-order valence-corrected chi connectivity index (χ1v) is 12.0. The van der Waals surface area contributed by atoms with Gasteiger partial charge in [-0.25, -0.2) is 0 Å². The van der Waals surface area contributed by atoms with Gasteiger partial charge in [-0.2, -0.15) is 0 Å². The topological polar surface area (TPSA) is 49.4 Å². The van der Waals surface area contributed by atoms with Crippen molar-refractivity contribution in [2.75, 3.05) is 18.1 Å². The van der Waals surface area contributed by atoms with Crippen molar-refractivity contribution in [1.29, 1.82) is 0 Å². The molecular formula is C21H21BrN2O2S2. The minimum absolute atomic E-state index is 0.0445. The molecule has 2 atom stereocenters. The summed E-state index contributed by atoms with van der Waals surface area (Å²) >= 11 is 6.87. The quantitative estimate of drug-likeness (QED) is 0.500. The van der Waals surface area contributed by atoms with Crippen LogP contribution in [-0.4, -0.2) is 40.8 Å². The Labute approximate surface area is 182 Å². The molecule has 2 fully saturated rings. The normalized spacial score (nSPS) is 23.7. The predicted molar refractivity (Wildman–Crippen MR) is 118 cm³/mol. The number of hydrogen-bond donors (Lipinski definition) is 1. The second-order valence-electron chi connectivity index (χ2n) is 6.83. The summed E-state index contributed by atoms with van der Waals surface area (Å²) in [6.07, 6.45) is 1.27. The maximum absolute atomic E-state index is 12.8. The molecule has 2 heterocycles. The lowest BCUT2D eigenvalue weighted by molar-refractivity contribution is -0.138. The Kier molecular flexibility index (Phi) is 6.04. The Morgan fingerprint density at radius 2 is 1.96 bits per heavy atom. The molecule has 2 aliphatic rings. The second-order valence-corrected chi connectivity index (χ2v) is 10.2. The molecule has 0 spiro atoms. The first-order chi connectivity index (χ1) is 13.6. The SMILES string of the molecule is O=C(NCCSc1ccc(Br)cc1)[C@@H]1CS[C@]2(c3ccccc3)CCC(=O)N12. The molecule has 2 saturated heterocycles. The van der Waals surface area contributed by atoms with E-state index in [0.29, 0.717) is 18.7 Å². The largest absolute Gasteiger partial charge is 0.353 e. The maximum atomic E-state index is 12.8. The number of fused-ring (bicyclic) bond motifs is 1. The highest BCUT2D eigenvalue weighted by Gasteiger charge is 2.56. The zero-order chi connectivity index (χ0) is 19.6. The molecule has 7 heteroatoms. The summed E-state index contributed by atoms with van der Waals surface area (Å²) in [6, 6.07) is 17.9. The first-order valence-electron chi connectivity index (χ1n) is 9.28. The summed E-state index contributed by atoms with van der Waals surface area (Å²) < 4.78 is 1.06. The number of thioether (sulfide) groups is 2. The van der Waals surface area contributed by atoms with Crippen LogP contribution in [0.2, 0.25) is 0 Å². The number of benzene rings is 2. The van der Waals surface area contributed by atoms with Gasteiger partial charge in [-0.1, -0.05) is 46.3 Å². The third kappa shape index (κ3) is 3.84. The van der Waals surface area contributed by atoms with Crippen molar-refractivity contribution in [3.8, 4) is 0 Å². The summed E-state index contributed by atoms with van der Waals surface area (Å²) in [7, 11) is 0. The van der Waals surface area contributed by atoms with E-state index in [9.17, 15) is 9.59 Å². The molecule has 2 aliphatic heterocycles. The molecule has 2 aromatic rings. The molecule has 2 aromatic carbocycles. The fraction of sp³-hybridized carbons (Fsp3) is 0.333. The fourth-order valence-corrected chi connectivity index (χ4v) is 6.51. The zero-order valence-electron chi connectivity index (χ0n) is 15.3. The smallest absolute Gasteiger partial charge is 0.243 e. The van der Waals surface area contributed by atoms with E-state index in [1.807, 2.05) is 35.2 Å². The van der Waals surface area contributed by atoms with Gasteiger partial charge in [0.15, 0.2) is 0 Å². The first kappa shape index (κ1) is 19.9. The number of nitrogens with one attached hydrogen (secondary N) is 1. The van der Waals surface area contributed by atoms with Gasteiger partial charge in [0.1, 0.15) is 10.9 Å². The average molecular weight is 477 g/mol. The Morgan fingerprint density at radius 3 is 2.71 bits per heavy atom. The maximum Gasteiger partial charge on any atom is 0.243 e. The third-order valence-corrected chi connectivity index (χ3v) is 8.28. The molecular weight excluding hydrogens is 456 g/mol.